The predicted molar refractivity (Wildman–Crippen MR) is 83.5 cm³/mol. The zero-order chi connectivity index (χ0) is 16.9. The summed E-state index contributed by atoms with van der Waals surface area (Å²) in [6, 6.07) is 8.07. The fourth-order valence-electron chi connectivity index (χ4n) is 2.83. The van der Waals surface area contributed by atoms with E-state index in [-0.39, 0.29) is 24.0 Å². The first kappa shape index (κ1) is 16.0. The molecule has 1 saturated heterocycles. The van der Waals surface area contributed by atoms with E-state index in [9.17, 15) is 9.65 Å². The number of nitriles is 2. The molecule has 2 heterocycles. The summed E-state index contributed by atoms with van der Waals surface area (Å²) >= 11 is 0. The van der Waals surface area contributed by atoms with Gasteiger partial charge in [-0.05, 0) is 44.1 Å². The van der Waals surface area contributed by atoms with E-state index in [2.05, 4.69) is 16.5 Å². The minimum absolute atomic E-state index is 0.105. The standard InChI is InChI=1S/C17H16FN5O/c18-14-1-2-17(12(7-14)8-19)24-11-13-10-22-23(16(13)9-20)15-3-5-21-6-4-15/h1-2,7,10,15,21H,3-6,11H2. The molecule has 1 N–H and O–H groups in total. The second-order valence-electron chi connectivity index (χ2n) is 5.60. The molecule has 3 rings (SSSR count). The summed E-state index contributed by atoms with van der Waals surface area (Å²) in [6.45, 7) is 1.92. The van der Waals surface area contributed by atoms with Crippen molar-refractivity contribution >= 4 is 0 Å². The Kier molecular flexibility index (Phi) is 4.74. The fourth-order valence-corrected chi connectivity index (χ4v) is 2.83. The summed E-state index contributed by atoms with van der Waals surface area (Å²) in [5.41, 5.74) is 1.26. The number of ether oxygens (including phenoxy) is 1. The number of benzene rings is 1. The number of hydrogen-bond donors (Lipinski definition) is 1. The summed E-state index contributed by atoms with van der Waals surface area (Å²) in [5, 5.41) is 26.1. The largest absolute Gasteiger partial charge is 0.487 e. The van der Waals surface area contributed by atoms with Gasteiger partial charge in [0.2, 0.25) is 0 Å². The van der Waals surface area contributed by atoms with E-state index in [4.69, 9.17) is 10.00 Å². The highest BCUT2D eigenvalue weighted by molar-refractivity contribution is 5.43. The Morgan fingerprint density at radius 1 is 1.29 bits per heavy atom. The van der Waals surface area contributed by atoms with Crippen LogP contribution in [0.2, 0.25) is 0 Å². The first-order chi connectivity index (χ1) is 11.7. The first-order valence-corrected chi connectivity index (χ1v) is 7.72. The Morgan fingerprint density at radius 2 is 2.08 bits per heavy atom. The Hall–Kier alpha value is -2.90. The van der Waals surface area contributed by atoms with Gasteiger partial charge in [0, 0.05) is 5.56 Å². The second kappa shape index (κ2) is 7.12. The van der Waals surface area contributed by atoms with Crippen LogP contribution >= 0.6 is 0 Å². The van der Waals surface area contributed by atoms with E-state index in [0.717, 1.165) is 32.0 Å². The molecule has 24 heavy (non-hydrogen) atoms. The average Bonchev–Trinajstić information content (AvgIpc) is 3.04. The quantitative estimate of drug-likeness (QED) is 0.932. The highest BCUT2D eigenvalue weighted by atomic mass is 19.1. The van der Waals surface area contributed by atoms with Gasteiger partial charge in [-0.25, -0.2) is 4.39 Å². The maximum atomic E-state index is 13.2. The summed E-state index contributed by atoms with van der Waals surface area (Å²) in [4.78, 5) is 0. The molecule has 1 aromatic heterocycles. The van der Waals surface area contributed by atoms with Gasteiger partial charge in [0.1, 0.15) is 36.0 Å². The van der Waals surface area contributed by atoms with Crippen LogP contribution in [-0.2, 0) is 6.61 Å². The zero-order valence-corrected chi connectivity index (χ0v) is 13.0. The van der Waals surface area contributed by atoms with Crippen LogP contribution in [-0.4, -0.2) is 22.9 Å². The second-order valence-corrected chi connectivity index (χ2v) is 5.60. The van der Waals surface area contributed by atoms with E-state index in [0.29, 0.717) is 11.3 Å². The van der Waals surface area contributed by atoms with E-state index < -0.39 is 5.82 Å². The van der Waals surface area contributed by atoms with Gasteiger partial charge in [0.25, 0.3) is 0 Å². The third-order valence-corrected chi connectivity index (χ3v) is 4.08. The predicted octanol–water partition coefficient (Wildman–Crippen LogP) is 2.27. The lowest BCUT2D eigenvalue weighted by molar-refractivity contribution is 0.302. The van der Waals surface area contributed by atoms with Crippen LogP contribution in [0.1, 0.15) is 35.7 Å². The normalized spacial score (nSPS) is 14.8. The van der Waals surface area contributed by atoms with Crippen LogP contribution in [0, 0.1) is 28.5 Å². The van der Waals surface area contributed by atoms with Crippen molar-refractivity contribution in [2.75, 3.05) is 13.1 Å². The van der Waals surface area contributed by atoms with Crippen LogP contribution in [0.3, 0.4) is 0 Å². The highest BCUT2D eigenvalue weighted by Crippen LogP contribution is 2.24. The molecule has 0 aliphatic carbocycles. The van der Waals surface area contributed by atoms with Gasteiger partial charge in [0.05, 0.1) is 17.8 Å². The Morgan fingerprint density at radius 3 is 2.79 bits per heavy atom. The van der Waals surface area contributed by atoms with Crippen LogP contribution in [0.5, 0.6) is 5.75 Å². The molecule has 1 fully saturated rings. The van der Waals surface area contributed by atoms with Crippen molar-refractivity contribution in [2.45, 2.75) is 25.5 Å². The van der Waals surface area contributed by atoms with Gasteiger partial charge >= 0.3 is 0 Å². The van der Waals surface area contributed by atoms with Crippen molar-refractivity contribution in [3.8, 4) is 17.9 Å². The SMILES string of the molecule is N#Cc1cc(F)ccc1OCc1cnn(C2CCNCC2)c1C#N. The van der Waals surface area contributed by atoms with Gasteiger partial charge in [-0.3, -0.25) is 4.68 Å². The molecule has 0 unspecified atom stereocenters. The lowest BCUT2D eigenvalue weighted by Crippen LogP contribution is -2.30. The molecular formula is C17H16FN5O. The molecule has 0 saturated carbocycles. The number of hydrogen-bond acceptors (Lipinski definition) is 5. The molecule has 0 bridgehead atoms. The van der Waals surface area contributed by atoms with Gasteiger partial charge < -0.3 is 10.1 Å². The Labute approximate surface area is 139 Å². The maximum Gasteiger partial charge on any atom is 0.145 e. The van der Waals surface area contributed by atoms with E-state index in [1.165, 1.54) is 12.1 Å². The number of piperidine rings is 1. The number of nitrogens with zero attached hydrogens (tertiary/aromatic N) is 4. The topological polar surface area (TPSA) is 86.7 Å². The summed E-state index contributed by atoms with van der Waals surface area (Å²) in [5.74, 6) is -0.201. The summed E-state index contributed by atoms with van der Waals surface area (Å²) < 4.78 is 20.5. The van der Waals surface area contributed by atoms with Crippen LogP contribution in [0.25, 0.3) is 0 Å². The Bertz CT molecular complexity index is 811. The van der Waals surface area contributed by atoms with Crippen LogP contribution in [0.4, 0.5) is 4.39 Å². The third kappa shape index (κ3) is 3.22. The van der Waals surface area contributed by atoms with E-state index in [1.54, 1.807) is 10.9 Å². The first-order valence-electron chi connectivity index (χ1n) is 7.72. The maximum absolute atomic E-state index is 13.2. The number of rotatable bonds is 4. The van der Waals surface area contributed by atoms with E-state index in [1.807, 2.05) is 6.07 Å². The molecule has 0 amide bonds. The van der Waals surface area contributed by atoms with Crippen molar-refractivity contribution < 1.29 is 9.13 Å². The molecule has 1 aliphatic heterocycles. The van der Waals surface area contributed by atoms with Crippen molar-refractivity contribution in [3.63, 3.8) is 0 Å². The van der Waals surface area contributed by atoms with Gasteiger partial charge in [-0.2, -0.15) is 15.6 Å². The minimum atomic E-state index is -0.490. The van der Waals surface area contributed by atoms with Gasteiger partial charge in [-0.15, -0.1) is 0 Å². The highest BCUT2D eigenvalue weighted by Gasteiger charge is 2.21. The van der Waals surface area contributed by atoms with E-state index >= 15 is 0 Å². The van der Waals surface area contributed by atoms with Crippen LogP contribution < -0.4 is 10.1 Å². The number of nitrogens with one attached hydrogen (secondary N) is 1. The fraction of sp³-hybridized carbons (Fsp3) is 0.353. The zero-order valence-electron chi connectivity index (χ0n) is 13.0. The van der Waals surface area contributed by atoms with Crippen molar-refractivity contribution in [1.29, 1.82) is 10.5 Å². The average molecular weight is 325 g/mol. The van der Waals surface area contributed by atoms with Gasteiger partial charge in [-0.1, -0.05) is 0 Å². The third-order valence-electron chi connectivity index (χ3n) is 4.08. The molecule has 2 aromatic rings. The molecule has 1 aromatic carbocycles. The van der Waals surface area contributed by atoms with Gasteiger partial charge in [0.15, 0.2) is 0 Å². The molecule has 0 atom stereocenters. The van der Waals surface area contributed by atoms with Crippen LogP contribution in [0.15, 0.2) is 24.4 Å². The lowest BCUT2D eigenvalue weighted by atomic mass is 10.1. The summed E-state index contributed by atoms with van der Waals surface area (Å²) in [7, 11) is 0. The summed E-state index contributed by atoms with van der Waals surface area (Å²) in [6.07, 6.45) is 3.47. The number of aromatic nitrogens is 2. The monoisotopic (exact) mass is 325 g/mol. The molecule has 0 radical (unpaired) electrons. The molecular weight excluding hydrogens is 309 g/mol. The van der Waals surface area contributed by atoms with Crippen molar-refractivity contribution in [2.24, 2.45) is 0 Å². The lowest BCUT2D eigenvalue weighted by Gasteiger charge is -2.23. The smallest absolute Gasteiger partial charge is 0.145 e. The van der Waals surface area contributed by atoms with Crippen molar-refractivity contribution in [3.05, 3.63) is 47.0 Å². The minimum Gasteiger partial charge on any atom is -0.487 e. The molecule has 6 nitrogen and oxygen atoms in total. The number of halogens is 1. The molecule has 0 spiro atoms. The Balaban J connectivity index is 1.78. The molecule has 122 valence electrons. The van der Waals surface area contributed by atoms with Crippen molar-refractivity contribution in [1.82, 2.24) is 15.1 Å². The molecule has 1 aliphatic rings. The molecule has 7 heteroatoms.